The van der Waals surface area contributed by atoms with Crippen molar-refractivity contribution in [3.05, 3.63) is 95.0 Å². The minimum atomic E-state index is -0.311. The molecule has 0 saturated carbocycles. The second-order valence-electron chi connectivity index (χ2n) is 7.57. The van der Waals surface area contributed by atoms with E-state index in [2.05, 4.69) is 5.32 Å². The number of nitrogen functional groups attached to an aromatic ring is 1. The second kappa shape index (κ2) is 7.98. The van der Waals surface area contributed by atoms with Crippen LogP contribution in [0.3, 0.4) is 0 Å². The Bertz CT molecular complexity index is 1460. The Morgan fingerprint density at radius 3 is 2.38 bits per heavy atom. The molecule has 3 aromatic carbocycles. The molecule has 2 heterocycles. The average molecular weight is 442 g/mol. The van der Waals surface area contributed by atoms with Crippen molar-refractivity contribution in [1.82, 2.24) is 19.9 Å². The molecule has 3 N–H and O–H groups in total. The molecule has 5 aromatic rings. The Morgan fingerprint density at radius 2 is 1.66 bits per heavy atom. The van der Waals surface area contributed by atoms with Gasteiger partial charge in [-0.3, -0.25) is 9.36 Å². The summed E-state index contributed by atoms with van der Waals surface area (Å²) in [6, 6.07) is 24.3. The molecule has 0 unspecified atom stereocenters. The van der Waals surface area contributed by atoms with Gasteiger partial charge in [-0.05, 0) is 42.8 Å². The number of para-hydroxylation sites is 2. The summed E-state index contributed by atoms with van der Waals surface area (Å²) in [5, 5.41) is 3.60. The molecule has 0 aliphatic heterocycles. The molecular formula is C25H20ClN5O. The van der Waals surface area contributed by atoms with Gasteiger partial charge in [0.1, 0.15) is 16.9 Å². The van der Waals surface area contributed by atoms with E-state index in [4.69, 9.17) is 27.3 Å². The number of nitrogens with zero attached hydrogens (tertiary/aromatic N) is 3. The third-order valence-electron chi connectivity index (χ3n) is 5.44. The van der Waals surface area contributed by atoms with E-state index in [0.717, 1.165) is 5.56 Å². The predicted molar refractivity (Wildman–Crippen MR) is 128 cm³/mol. The van der Waals surface area contributed by atoms with Crippen molar-refractivity contribution in [3.8, 4) is 5.69 Å². The Labute approximate surface area is 189 Å². The molecule has 6 nitrogen and oxygen atoms in total. The minimum absolute atomic E-state index is 0.207. The van der Waals surface area contributed by atoms with Gasteiger partial charge in [0.2, 0.25) is 0 Å². The van der Waals surface area contributed by atoms with Crippen LogP contribution in [0, 0.1) is 0 Å². The number of anilines is 1. The molecule has 0 aliphatic carbocycles. The highest BCUT2D eigenvalue weighted by atomic mass is 35.5. The molecule has 7 heteroatoms. The summed E-state index contributed by atoms with van der Waals surface area (Å²) in [6.07, 6.45) is 0. The van der Waals surface area contributed by atoms with Crippen molar-refractivity contribution >= 4 is 45.5 Å². The lowest BCUT2D eigenvalue weighted by Gasteiger charge is -2.14. The summed E-state index contributed by atoms with van der Waals surface area (Å²) in [7, 11) is 0. The minimum Gasteiger partial charge on any atom is -0.384 e. The van der Waals surface area contributed by atoms with E-state index >= 15 is 0 Å². The van der Waals surface area contributed by atoms with Crippen molar-refractivity contribution < 1.29 is 4.79 Å². The number of hydrogen-bond donors (Lipinski definition) is 2. The van der Waals surface area contributed by atoms with Crippen LogP contribution in [0.1, 0.15) is 28.9 Å². The van der Waals surface area contributed by atoms with Gasteiger partial charge >= 0.3 is 0 Å². The molecule has 5 rings (SSSR count). The van der Waals surface area contributed by atoms with Crippen LogP contribution >= 0.6 is 11.6 Å². The number of hydrogen-bond acceptors (Lipinski definition) is 4. The quantitative estimate of drug-likeness (QED) is 0.396. The molecule has 0 fully saturated rings. The smallest absolute Gasteiger partial charge is 0.257 e. The number of halogens is 1. The number of rotatable bonds is 4. The van der Waals surface area contributed by atoms with Gasteiger partial charge in [0.25, 0.3) is 5.91 Å². The second-order valence-corrected chi connectivity index (χ2v) is 8.00. The van der Waals surface area contributed by atoms with E-state index in [1.54, 1.807) is 16.7 Å². The van der Waals surface area contributed by atoms with Crippen molar-refractivity contribution in [1.29, 1.82) is 0 Å². The fraction of sp³-hybridized carbons (Fsp3) is 0.0800. The van der Waals surface area contributed by atoms with Crippen LogP contribution < -0.4 is 11.1 Å². The van der Waals surface area contributed by atoms with Crippen molar-refractivity contribution in [2.24, 2.45) is 0 Å². The lowest BCUT2D eigenvalue weighted by molar-refractivity contribution is 0.0942. The number of carbonyl (C=O) groups excluding carboxylic acids is 1. The zero-order chi connectivity index (χ0) is 22.2. The van der Waals surface area contributed by atoms with Crippen LogP contribution in [-0.2, 0) is 0 Å². The van der Waals surface area contributed by atoms with Crippen molar-refractivity contribution in [2.75, 3.05) is 5.73 Å². The first-order valence-electron chi connectivity index (χ1n) is 10.2. The summed E-state index contributed by atoms with van der Waals surface area (Å²) < 4.78 is 1.72. The highest BCUT2D eigenvalue weighted by Crippen LogP contribution is 2.32. The molecular weight excluding hydrogens is 422 g/mol. The molecule has 2 aromatic heterocycles. The predicted octanol–water partition coefficient (Wildman–Crippen LogP) is 5.30. The van der Waals surface area contributed by atoms with E-state index in [1.807, 2.05) is 73.7 Å². The molecule has 1 amide bonds. The van der Waals surface area contributed by atoms with Crippen molar-refractivity contribution in [3.63, 3.8) is 0 Å². The summed E-state index contributed by atoms with van der Waals surface area (Å²) in [6.45, 7) is 1.93. The molecule has 32 heavy (non-hydrogen) atoms. The molecule has 1 atom stereocenters. The van der Waals surface area contributed by atoms with Crippen LogP contribution in [0.25, 0.3) is 27.9 Å². The maximum atomic E-state index is 13.4. The van der Waals surface area contributed by atoms with Gasteiger partial charge in [-0.1, -0.05) is 60.1 Å². The number of nitrogens with two attached hydrogens (primary N) is 1. The summed E-state index contributed by atoms with van der Waals surface area (Å²) >= 11 is 6.23. The topological polar surface area (TPSA) is 85.8 Å². The van der Waals surface area contributed by atoms with E-state index in [9.17, 15) is 4.79 Å². The first-order valence-corrected chi connectivity index (χ1v) is 10.6. The van der Waals surface area contributed by atoms with Gasteiger partial charge in [0.05, 0.1) is 22.8 Å². The number of nitrogens with one attached hydrogen (secondary N) is 1. The largest absolute Gasteiger partial charge is 0.384 e. The van der Waals surface area contributed by atoms with Gasteiger partial charge in [-0.15, -0.1) is 0 Å². The average Bonchev–Trinajstić information content (AvgIpc) is 3.08. The van der Waals surface area contributed by atoms with Crippen LogP contribution in [-0.4, -0.2) is 20.4 Å². The van der Waals surface area contributed by atoms with Gasteiger partial charge in [-0.25, -0.2) is 9.97 Å². The van der Waals surface area contributed by atoms with Crippen LogP contribution in [0.5, 0.6) is 0 Å². The highest BCUT2D eigenvalue weighted by Gasteiger charge is 2.26. The van der Waals surface area contributed by atoms with Gasteiger partial charge < -0.3 is 11.1 Å². The number of carbonyl (C=O) groups is 1. The van der Waals surface area contributed by atoms with Gasteiger partial charge in [0.15, 0.2) is 5.65 Å². The monoisotopic (exact) mass is 441 g/mol. The lowest BCUT2D eigenvalue weighted by Crippen LogP contribution is -2.27. The Balaban J connectivity index is 1.70. The maximum absolute atomic E-state index is 13.4. The summed E-state index contributed by atoms with van der Waals surface area (Å²) in [5.74, 6) is -0.0513. The third kappa shape index (κ3) is 3.44. The first-order chi connectivity index (χ1) is 15.5. The van der Waals surface area contributed by atoms with E-state index in [0.29, 0.717) is 38.5 Å². The van der Waals surface area contributed by atoms with E-state index < -0.39 is 0 Å². The molecule has 0 spiro atoms. The third-order valence-corrected chi connectivity index (χ3v) is 5.67. The maximum Gasteiger partial charge on any atom is 0.257 e. The summed E-state index contributed by atoms with van der Waals surface area (Å²) in [4.78, 5) is 22.9. The SMILES string of the molecule is C[C@@H](NC(=O)c1c(N)n(-c2cccc(Cl)c2)c2nc3ccccc3nc12)c1ccccc1. The molecule has 158 valence electrons. The molecule has 0 radical (unpaired) electrons. The van der Waals surface area contributed by atoms with Crippen molar-refractivity contribution in [2.45, 2.75) is 13.0 Å². The Kier molecular flexibility index (Phi) is 4.99. The molecule has 0 saturated heterocycles. The Morgan fingerprint density at radius 1 is 0.969 bits per heavy atom. The van der Waals surface area contributed by atoms with Gasteiger partial charge in [-0.2, -0.15) is 0 Å². The van der Waals surface area contributed by atoms with Crippen LogP contribution in [0.15, 0.2) is 78.9 Å². The van der Waals surface area contributed by atoms with Crippen LogP contribution in [0.2, 0.25) is 5.02 Å². The van der Waals surface area contributed by atoms with E-state index in [-0.39, 0.29) is 17.8 Å². The highest BCUT2D eigenvalue weighted by molar-refractivity contribution is 6.30. The normalized spacial score (nSPS) is 12.2. The fourth-order valence-electron chi connectivity index (χ4n) is 3.86. The standard InChI is InChI=1S/C25H20ClN5O/c1-15(16-8-3-2-4-9-16)28-25(32)21-22-24(30-20-13-6-5-12-19(20)29-22)31(23(21)27)18-11-7-10-17(26)14-18/h2-15H,27H2,1H3,(H,28,32)/t15-/m1/s1. The van der Waals surface area contributed by atoms with Gasteiger partial charge in [0, 0.05) is 5.02 Å². The van der Waals surface area contributed by atoms with E-state index in [1.165, 1.54) is 0 Å². The zero-order valence-corrected chi connectivity index (χ0v) is 18.0. The fourth-order valence-corrected chi connectivity index (χ4v) is 4.04. The lowest BCUT2D eigenvalue weighted by atomic mass is 10.1. The number of amides is 1. The Hall–Kier alpha value is -3.90. The summed E-state index contributed by atoms with van der Waals surface area (Å²) in [5.41, 5.74) is 10.9. The number of fused-ring (bicyclic) bond motifs is 2. The molecule has 0 bridgehead atoms. The number of aromatic nitrogens is 3. The molecule has 0 aliphatic rings. The van der Waals surface area contributed by atoms with Crippen LogP contribution in [0.4, 0.5) is 5.82 Å². The first kappa shape index (κ1) is 20.0. The number of benzene rings is 3. The zero-order valence-electron chi connectivity index (χ0n) is 17.3.